The predicted molar refractivity (Wildman–Crippen MR) is 125 cm³/mol. The number of halogens is 1. The second-order valence-electron chi connectivity index (χ2n) is 7.53. The Hall–Kier alpha value is -3.77. The number of imidazole rings is 1. The Morgan fingerprint density at radius 2 is 1.53 bits per heavy atom. The molecule has 6 heteroatoms. The number of carbonyl (C=O) groups excluding carboxylic acids is 1. The van der Waals surface area contributed by atoms with Crippen LogP contribution in [0.4, 0.5) is 4.39 Å². The summed E-state index contributed by atoms with van der Waals surface area (Å²) in [5, 5.41) is 3.20. The summed E-state index contributed by atoms with van der Waals surface area (Å²) >= 11 is 1.35. The van der Waals surface area contributed by atoms with Crippen LogP contribution in [0.15, 0.2) is 91.1 Å². The van der Waals surface area contributed by atoms with Crippen molar-refractivity contribution in [2.45, 2.75) is 13.0 Å². The van der Waals surface area contributed by atoms with E-state index in [4.69, 9.17) is 0 Å². The number of hydrogen-bond acceptors (Lipinski definition) is 3. The first-order valence-corrected chi connectivity index (χ1v) is 11.1. The van der Waals surface area contributed by atoms with E-state index in [1.54, 1.807) is 12.1 Å². The first kappa shape index (κ1) is 20.2. The van der Waals surface area contributed by atoms with Crippen LogP contribution < -0.4 is 5.32 Å². The molecule has 0 saturated carbocycles. The van der Waals surface area contributed by atoms with Crippen LogP contribution in [0.5, 0.6) is 0 Å². The number of nitrogens with zero attached hydrogens (tertiary/aromatic N) is 2. The second-order valence-corrected chi connectivity index (χ2v) is 8.51. The molecular weight excluding hydrogens is 421 g/mol. The fourth-order valence-electron chi connectivity index (χ4n) is 3.77. The van der Waals surface area contributed by atoms with E-state index in [1.807, 2.05) is 78.2 Å². The average Bonchev–Trinajstić information content (AvgIpc) is 3.38. The summed E-state index contributed by atoms with van der Waals surface area (Å²) in [4.78, 5) is 19.3. The molecule has 3 aromatic carbocycles. The topological polar surface area (TPSA) is 46.4 Å². The highest BCUT2D eigenvalue weighted by molar-refractivity contribution is 7.19. The van der Waals surface area contributed by atoms with Crippen molar-refractivity contribution in [3.8, 4) is 11.3 Å². The maximum atomic E-state index is 13.3. The number of amides is 1. The van der Waals surface area contributed by atoms with Gasteiger partial charge in [0.05, 0.1) is 11.7 Å². The molecule has 1 amide bonds. The van der Waals surface area contributed by atoms with E-state index < -0.39 is 0 Å². The molecule has 0 atom stereocenters. The van der Waals surface area contributed by atoms with Crippen LogP contribution >= 0.6 is 11.3 Å². The number of thiazole rings is 1. The number of benzene rings is 3. The van der Waals surface area contributed by atoms with E-state index in [2.05, 4.69) is 10.3 Å². The lowest BCUT2D eigenvalue weighted by Gasteiger charge is -2.19. The van der Waals surface area contributed by atoms with Gasteiger partial charge in [0.1, 0.15) is 10.7 Å². The van der Waals surface area contributed by atoms with Crippen LogP contribution in [0.25, 0.3) is 16.2 Å². The van der Waals surface area contributed by atoms with Crippen molar-refractivity contribution in [2.24, 2.45) is 0 Å². The molecule has 32 heavy (non-hydrogen) atoms. The molecule has 0 spiro atoms. The normalized spacial score (nSPS) is 11.2. The van der Waals surface area contributed by atoms with Crippen LogP contribution in [0.2, 0.25) is 0 Å². The fourth-order valence-corrected chi connectivity index (χ4v) is 4.78. The Morgan fingerprint density at radius 3 is 2.09 bits per heavy atom. The standard InChI is InChI=1S/C26H20FN3OS/c1-17-24(32-26-28-22(16-30(17)26)18-12-14-21(27)15-13-18)25(31)29-23(19-8-4-2-5-9-19)20-10-6-3-7-11-20/h2-16,23H,1H3,(H,29,31). The monoisotopic (exact) mass is 441 g/mol. The third-order valence-corrected chi connectivity index (χ3v) is 6.60. The number of aryl methyl sites for hydroxylation is 1. The molecule has 0 aliphatic heterocycles. The van der Waals surface area contributed by atoms with Gasteiger partial charge in [0.15, 0.2) is 4.96 Å². The van der Waals surface area contributed by atoms with E-state index in [1.165, 1.54) is 23.5 Å². The SMILES string of the molecule is Cc1c(C(=O)NC(c2ccccc2)c2ccccc2)sc2nc(-c3ccc(F)cc3)cn12. The van der Waals surface area contributed by atoms with Crippen LogP contribution in [0.3, 0.4) is 0 Å². The van der Waals surface area contributed by atoms with Crippen molar-refractivity contribution in [2.75, 3.05) is 0 Å². The minimum Gasteiger partial charge on any atom is -0.340 e. The number of fused-ring (bicyclic) bond motifs is 1. The molecule has 0 aliphatic carbocycles. The smallest absolute Gasteiger partial charge is 0.264 e. The lowest BCUT2D eigenvalue weighted by atomic mass is 9.98. The molecule has 2 heterocycles. The lowest BCUT2D eigenvalue weighted by Crippen LogP contribution is -2.29. The van der Waals surface area contributed by atoms with E-state index in [0.29, 0.717) is 4.88 Å². The first-order valence-electron chi connectivity index (χ1n) is 10.3. The highest BCUT2D eigenvalue weighted by Gasteiger charge is 2.22. The van der Waals surface area contributed by atoms with Gasteiger partial charge < -0.3 is 5.32 Å². The van der Waals surface area contributed by atoms with Gasteiger partial charge in [-0.1, -0.05) is 72.0 Å². The van der Waals surface area contributed by atoms with Crippen LogP contribution in [-0.2, 0) is 0 Å². The molecular formula is C26H20FN3OS. The second kappa shape index (κ2) is 8.40. The minimum atomic E-state index is -0.281. The van der Waals surface area contributed by atoms with Crippen LogP contribution in [0.1, 0.15) is 32.5 Å². The van der Waals surface area contributed by atoms with Crippen molar-refractivity contribution < 1.29 is 9.18 Å². The molecule has 5 aromatic rings. The quantitative estimate of drug-likeness (QED) is 0.362. The zero-order valence-electron chi connectivity index (χ0n) is 17.3. The van der Waals surface area contributed by atoms with Crippen molar-refractivity contribution >= 4 is 22.2 Å². The van der Waals surface area contributed by atoms with E-state index >= 15 is 0 Å². The largest absolute Gasteiger partial charge is 0.340 e. The van der Waals surface area contributed by atoms with Gasteiger partial charge in [0.2, 0.25) is 0 Å². The maximum Gasteiger partial charge on any atom is 0.264 e. The van der Waals surface area contributed by atoms with Gasteiger partial charge in [-0.2, -0.15) is 0 Å². The molecule has 0 fully saturated rings. The lowest BCUT2D eigenvalue weighted by molar-refractivity contribution is 0.0946. The predicted octanol–water partition coefficient (Wildman–Crippen LogP) is 6.03. The summed E-state index contributed by atoms with van der Waals surface area (Å²) in [7, 11) is 0. The van der Waals surface area contributed by atoms with Crippen LogP contribution in [0, 0.1) is 12.7 Å². The molecule has 5 rings (SSSR count). The first-order chi connectivity index (χ1) is 15.6. The molecule has 0 aliphatic rings. The van der Waals surface area contributed by atoms with Gasteiger partial charge in [0, 0.05) is 17.5 Å². The summed E-state index contributed by atoms with van der Waals surface area (Å²) in [6.07, 6.45) is 1.89. The summed E-state index contributed by atoms with van der Waals surface area (Å²) in [5.41, 5.74) is 4.44. The highest BCUT2D eigenvalue weighted by Crippen LogP contribution is 2.29. The van der Waals surface area contributed by atoms with Gasteiger partial charge in [-0.05, 0) is 42.3 Å². The molecule has 4 nitrogen and oxygen atoms in total. The van der Waals surface area contributed by atoms with Crippen molar-refractivity contribution in [1.82, 2.24) is 14.7 Å². The zero-order chi connectivity index (χ0) is 22.1. The van der Waals surface area contributed by atoms with Gasteiger partial charge in [-0.15, -0.1) is 0 Å². The molecule has 2 aromatic heterocycles. The van der Waals surface area contributed by atoms with E-state index in [9.17, 15) is 9.18 Å². The van der Waals surface area contributed by atoms with E-state index in [0.717, 1.165) is 33.0 Å². The van der Waals surface area contributed by atoms with Gasteiger partial charge in [-0.3, -0.25) is 9.20 Å². The number of nitrogens with one attached hydrogen (secondary N) is 1. The number of rotatable bonds is 5. The van der Waals surface area contributed by atoms with Gasteiger partial charge >= 0.3 is 0 Å². The third-order valence-electron chi connectivity index (χ3n) is 5.44. The van der Waals surface area contributed by atoms with Crippen molar-refractivity contribution in [1.29, 1.82) is 0 Å². The fraction of sp³-hybridized carbons (Fsp3) is 0.0769. The zero-order valence-corrected chi connectivity index (χ0v) is 18.1. The average molecular weight is 442 g/mol. The number of hydrogen-bond donors (Lipinski definition) is 1. The minimum absolute atomic E-state index is 0.140. The van der Waals surface area contributed by atoms with Crippen molar-refractivity contribution in [3.63, 3.8) is 0 Å². The maximum absolute atomic E-state index is 13.3. The summed E-state index contributed by atoms with van der Waals surface area (Å²) < 4.78 is 15.1. The molecule has 1 N–H and O–H groups in total. The molecule has 0 bridgehead atoms. The van der Waals surface area contributed by atoms with Crippen molar-refractivity contribution in [3.05, 3.63) is 119 Å². The van der Waals surface area contributed by atoms with Gasteiger partial charge in [0.25, 0.3) is 5.91 Å². The Bertz CT molecular complexity index is 1340. The van der Waals surface area contributed by atoms with Crippen LogP contribution in [-0.4, -0.2) is 15.3 Å². The molecule has 0 unspecified atom stereocenters. The van der Waals surface area contributed by atoms with E-state index in [-0.39, 0.29) is 17.8 Å². The highest BCUT2D eigenvalue weighted by atomic mass is 32.1. The Morgan fingerprint density at radius 1 is 0.938 bits per heavy atom. The molecule has 158 valence electrons. The Labute approximate surface area is 189 Å². The molecule has 0 radical (unpaired) electrons. The number of carbonyl (C=O) groups is 1. The number of aromatic nitrogens is 2. The summed E-state index contributed by atoms with van der Waals surface area (Å²) in [5.74, 6) is -0.421. The molecule has 0 saturated heterocycles. The Kier molecular flexibility index (Phi) is 5.29. The third kappa shape index (κ3) is 3.81. The summed E-state index contributed by atoms with van der Waals surface area (Å²) in [6.45, 7) is 1.91. The van der Waals surface area contributed by atoms with Gasteiger partial charge in [-0.25, -0.2) is 9.37 Å². The Balaban J connectivity index is 1.46. The summed E-state index contributed by atoms with van der Waals surface area (Å²) in [6, 6.07) is 25.9.